The standard InChI is InChI=1S/C14H23F2N3O2S/c1-10(2)19(9-13(15)16)22(20,21)12-8-18(3)17-14(12)11-6-4-5-7-11/h8,10-11,13H,4-7,9H2,1-3H3. The summed E-state index contributed by atoms with van der Waals surface area (Å²) in [6.07, 6.45) is 2.62. The molecule has 5 nitrogen and oxygen atoms in total. The van der Waals surface area contributed by atoms with E-state index in [-0.39, 0.29) is 10.8 Å². The molecular formula is C14H23F2N3O2S. The van der Waals surface area contributed by atoms with Gasteiger partial charge in [-0.15, -0.1) is 0 Å². The average Bonchev–Trinajstić information content (AvgIpc) is 3.03. The van der Waals surface area contributed by atoms with E-state index >= 15 is 0 Å². The number of aromatic nitrogens is 2. The summed E-state index contributed by atoms with van der Waals surface area (Å²) in [5.74, 6) is 0.103. The van der Waals surface area contributed by atoms with Gasteiger partial charge in [-0.05, 0) is 26.7 Å². The Morgan fingerprint density at radius 2 is 1.95 bits per heavy atom. The van der Waals surface area contributed by atoms with E-state index in [0.29, 0.717) is 5.69 Å². The van der Waals surface area contributed by atoms with Crippen LogP contribution in [0.3, 0.4) is 0 Å². The first kappa shape index (κ1) is 17.3. The molecule has 1 heterocycles. The summed E-state index contributed by atoms with van der Waals surface area (Å²) in [4.78, 5) is 0.0799. The zero-order chi connectivity index (χ0) is 16.5. The van der Waals surface area contributed by atoms with Crippen LogP contribution in [0.15, 0.2) is 11.1 Å². The Hall–Kier alpha value is -1.02. The maximum Gasteiger partial charge on any atom is 0.252 e. The predicted octanol–water partition coefficient (Wildman–Crippen LogP) is 2.74. The maximum absolute atomic E-state index is 12.8. The van der Waals surface area contributed by atoms with Gasteiger partial charge < -0.3 is 0 Å². The van der Waals surface area contributed by atoms with Crippen LogP contribution < -0.4 is 0 Å². The van der Waals surface area contributed by atoms with E-state index in [1.54, 1.807) is 20.9 Å². The highest BCUT2D eigenvalue weighted by atomic mass is 32.2. The van der Waals surface area contributed by atoms with E-state index in [1.807, 2.05) is 0 Å². The lowest BCUT2D eigenvalue weighted by Gasteiger charge is -2.25. The quantitative estimate of drug-likeness (QED) is 0.803. The van der Waals surface area contributed by atoms with E-state index in [2.05, 4.69) is 5.10 Å². The molecule has 1 fully saturated rings. The van der Waals surface area contributed by atoms with Gasteiger partial charge in [0.1, 0.15) is 4.90 Å². The lowest BCUT2D eigenvalue weighted by molar-refractivity contribution is 0.111. The second kappa shape index (κ2) is 6.62. The van der Waals surface area contributed by atoms with Crippen molar-refractivity contribution in [3.05, 3.63) is 11.9 Å². The highest BCUT2D eigenvalue weighted by Gasteiger charge is 2.35. The van der Waals surface area contributed by atoms with Crippen molar-refractivity contribution in [2.45, 2.75) is 62.8 Å². The fourth-order valence-electron chi connectivity index (χ4n) is 3.01. The van der Waals surface area contributed by atoms with E-state index in [4.69, 9.17) is 0 Å². The van der Waals surface area contributed by atoms with E-state index in [9.17, 15) is 17.2 Å². The second-order valence-electron chi connectivity index (χ2n) is 6.09. The van der Waals surface area contributed by atoms with Crippen LogP contribution in [0.4, 0.5) is 8.78 Å². The number of sulfonamides is 1. The minimum atomic E-state index is -3.97. The Morgan fingerprint density at radius 1 is 1.36 bits per heavy atom. The van der Waals surface area contributed by atoms with Crippen molar-refractivity contribution in [3.63, 3.8) is 0 Å². The molecule has 0 spiro atoms. The number of hydrogen-bond donors (Lipinski definition) is 0. The highest BCUT2D eigenvalue weighted by Crippen LogP contribution is 2.37. The lowest BCUT2D eigenvalue weighted by atomic mass is 10.1. The minimum Gasteiger partial charge on any atom is -0.274 e. The van der Waals surface area contributed by atoms with Gasteiger partial charge in [-0.2, -0.15) is 9.40 Å². The smallest absolute Gasteiger partial charge is 0.252 e. The normalized spacial score (nSPS) is 17.3. The van der Waals surface area contributed by atoms with Gasteiger partial charge in [-0.3, -0.25) is 4.68 Å². The van der Waals surface area contributed by atoms with Crippen LogP contribution in [-0.2, 0) is 17.1 Å². The summed E-state index contributed by atoms with van der Waals surface area (Å²) >= 11 is 0. The molecule has 0 aromatic carbocycles. The van der Waals surface area contributed by atoms with Crippen LogP contribution in [0.5, 0.6) is 0 Å². The van der Waals surface area contributed by atoms with Crippen molar-refractivity contribution in [2.75, 3.05) is 6.54 Å². The monoisotopic (exact) mass is 335 g/mol. The van der Waals surface area contributed by atoms with Crippen LogP contribution in [0.25, 0.3) is 0 Å². The van der Waals surface area contributed by atoms with Gasteiger partial charge >= 0.3 is 0 Å². The van der Waals surface area contributed by atoms with Crippen molar-refractivity contribution in [2.24, 2.45) is 7.05 Å². The van der Waals surface area contributed by atoms with E-state index in [1.165, 1.54) is 10.9 Å². The third-order valence-electron chi connectivity index (χ3n) is 4.04. The Labute approximate surface area is 130 Å². The van der Waals surface area contributed by atoms with Crippen LogP contribution in [0, 0.1) is 0 Å². The molecule has 1 aromatic heterocycles. The number of halogens is 2. The van der Waals surface area contributed by atoms with E-state index < -0.39 is 29.0 Å². The van der Waals surface area contributed by atoms with Gasteiger partial charge in [0.15, 0.2) is 0 Å². The molecule has 0 aliphatic heterocycles. The van der Waals surface area contributed by atoms with Gasteiger partial charge in [-0.25, -0.2) is 17.2 Å². The largest absolute Gasteiger partial charge is 0.274 e. The van der Waals surface area contributed by atoms with Crippen molar-refractivity contribution >= 4 is 10.0 Å². The molecule has 1 aliphatic carbocycles. The van der Waals surface area contributed by atoms with Crippen molar-refractivity contribution < 1.29 is 17.2 Å². The molecule has 0 amide bonds. The number of alkyl halides is 2. The van der Waals surface area contributed by atoms with Gasteiger partial charge in [0, 0.05) is 25.2 Å². The van der Waals surface area contributed by atoms with Crippen LogP contribution in [-0.4, -0.2) is 41.5 Å². The first-order chi connectivity index (χ1) is 10.2. The molecular weight excluding hydrogens is 312 g/mol. The molecule has 22 heavy (non-hydrogen) atoms. The van der Waals surface area contributed by atoms with Gasteiger partial charge in [-0.1, -0.05) is 12.8 Å². The van der Waals surface area contributed by atoms with Crippen LogP contribution in [0.1, 0.15) is 51.1 Å². The van der Waals surface area contributed by atoms with Crippen molar-refractivity contribution in [1.29, 1.82) is 0 Å². The molecule has 0 saturated heterocycles. The Morgan fingerprint density at radius 3 is 2.45 bits per heavy atom. The Kier molecular flexibility index (Phi) is 5.21. The molecule has 2 rings (SSSR count). The minimum absolute atomic E-state index is 0.0799. The van der Waals surface area contributed by atoms with Gasteiger partial charge in [0.05, 0.1) is 12.2 Å². The zero-order valence-electron chi connectivity index (χ0n) is 13.2. The summed E-state index contributed by atoms with van der Waals surface area (Å²) in [7, 11) is -2.32. The topological polar surface area (TPSA) is 55.2 Å². The molecule has 8 heteroatoms. The molecule has 0 unspecified atom stereocenters. The third kappa shape index (κ3) is 3.48. The molecule has 0 N–H and O–H groups in total. The van der Waals surface area contributed by atoms with Gasteiger partial charge in [0.2, 0.25) is 10.0 Å². The van der Waals surface area contributed by atoms with E-state index in [0.717, 1.165) is 30.0 Å². The molecule has 0 bridgehead atoms. The molecule has 1 aromatic rings. The first-order valence-electron chi connectivity index (χ1n) is 7.57. The summed E-state index contributed by atoms with van der Waals surface area (Å²) < 4.78 is 53.5. The number of aryl methyl sites for hydroxylation is 1. The lowest BCUT2D eigenvalue weighted by Crippen LogP contribution is -2.40. The summed E-state index contributed by atoms with van der Waals surface area (Å²) in [6.45, 7) is 2.41. The maximum atomic E-state index is 12.8. The number of rotatable bonds is 6. The Balaban J connectivity index is 2.43. The molecule has 0 atom stereocenters. The number of hydrogen-bond acceptors (Lipinski definition) is 3. The van der Waals surface area contributed by atoms with Crippen molar-refractivity contribution in [1.82, 2.24) is 14.1 Å². The summed E-state index contributed by atoms with van der Waals surface area (Å²) in [6, 6.07) is -0.532. The summed E-state index contributed by atoms with van der Waals surface area (Å²) in [5, 5.41) is 4.30. The Bertz CT molecular complexity index is 608. The molecule has 1 aliphatic rings. The van der Waals surface area contributed by atoms with Crippen LogP contribution in [0.2, 0.25) is 0 Å². The zero-order valence-corrected chi connectivity index (χ0v) is 14.0. The highest BCUT2D eigenvalue weighted by molar-refractivity contribution is 7.89. The van der Waals surface area contributed by atoms with Gasteiger partial charge in [0.25, 0.3) is 6.43 Å². The molecule has 0 radical (unpaired) electrons. The predicted molar refractivity (Wildman–Crippen MR) is 79.4 cm³/mol. The van der Waals surface area contributed by atoms with Crippen molar-refractivity contribution in [3.8, 4) is 0 Å². The second-order valence-corrected chi connectivity index (χ2v) is 7.95. The fourth-order valence-corrected chi connectivity index (χ4v) is 4.89. The molecule has 126 valence electrons. The first-order valence-corrected chi connectivity index (χ1v) is 9.01. The SMILES string of the molecule is CC(C)N(CC(F)F)S(=O)(=O)c1cn(C)nc1C1CCCC1. The average molecular weight is 335 g/mol. The fraction of sp³-hybridized carbons (Fsp3) is 0.786. The molecule has 1 saturated carbocycles. The number of nitrogens with zero attached hydrogens (tertiary/aromatic N) is 3. The van der Waals surface area contributed by atoms with Crippen LogP contribution >= 0.6 is 0 Å². The third-order valence-corrected chi connectivity index (χ3v) is 6.10. The summed E-state index contributed by atoms with van der Waals surface area (Å²) in [5.41, 5.74) is 0.528.